The van der Waals surface area contributed by atoms with Gasteiger partial charge in [-0.1, -0.05) is 34.4 Å². The number of phosphoric acid groups is 2. The van der Waals surface area contributed by atoms with E-state index in [4.69, 9.17) is 24.8 Å². The highest BCUT2D eigenvalue weighted by Gasteiger charge is 2.48. The fourth-order valence-electron chi connectivity index (χ4n) is 4.23. The number of ether oxygens (including phenoxy) is 1. The maximum absolute atomic E-state index is 12.8. The van der Waals surface area contributed by atoms with E-state index in [1.54, 1.807) is 31.2 Å². The van der Waals surface area contributed by atoms with Crippen LogP contribution in [0.4, 0.5) is 5.95 Å². The number of phosphoric ester groups is 1. The molecule has 3 aromatic heterocycles. The lowest BCUT2D eigenvalue weighted by Gasteiger charge is -2.17. The van der Waals surface area contributed by atoms with Crippen LogP contribution in [0.2, 0.25) is 0 Å². The second-order valence-electron chi connectivity index (χ2n) is 8.93. The second kappa shape index (κ2) is 10.8. The fourth-order valence-corrected chi connectivity index (χ4v) is 5.83. The summed E-state index contributed by atoms with van der Waals surface area (Å²) in [6.45, 7) is 0.887. The zero-order valence-electron chi connectivity index (χ0n) is 20.9. The first-order valence-electron chi connectivity index (χ1n) is 11.6. The summed E-state index contributed by atoms with van der Waals surface area (Å²) >= 11 is 0. The van der Waals surface area contributed by atoms with Crippen LogP contribution in [-0.4, -0.2) is 74.5 Å². The smallest absolute Gasteiger partial charge is 0.481 e. The third-order valence-electron chi connectivity index (χ3n) is 5.96. The highest BCUT2D eigenvalue weighted by Crippen LogP contribution is 2.57. The number of nitrogen functional groups attached to an aromatic ring is 1. The van der Waals surface area contributed by atoms with E-state index in [1.807, 2.05) is 0 Å². The number of fused-ring (bicyclic) bond motifs is 1. The molecule has 4 heterocycles. The summed E-state index contributed by atoms with van der Waals surface area (Å²) in [5, 5.41) is 37.9. The van der Waals surface area contributed by atoms with E-state index in [0.29, 0.717) is 17.3 Å². The lowest BCUT2D eigenvalue weighted by Crippen LogP contribution is -2.46. The minimum absolute atomic E-state index is 0.00281. The van der Waals surface area contributed by atoms with Crippen molar-refractivity contribution in [2.45, 2.75) is 38.0 Å². The van der Waals surface area contributed by atoms with Crippen molar-refractivity contribution in [3.63, 3.8) is 0 Å². The molecule has 1 aliphatic heterocycles. The molecule has 0 bridgehead atoms. The number of aryl methyl sites for hydroxylation is 1. The molecule has 19 nitrogen and oxygen atoms in total. The lowest BCUT2D eigenvalue weighted by molar-refractivity contribution is -0.745. The van der Waals surface area contributed by atoms with Crippen LogP contribution in [0.25, 0.3) is 22.6 Å². The number of hydrogen-bond donors (Lipinski definition) is 6. The van der Waals surface area contributed by atoms with E-state index in [1.165, 1.54) is 15.5 Å². The SMILES string of the molecule is Cc1nc(-c2ccc(Cn3c[n+]([C@@H]4O[C@H](COP(=O)(O)OP(=O)(O)O)[C@@H](O)[C@H]4O)c4nc(N)nc([O-])c43)cc2)no1. The van der Waals surface area contributed by atoms with Crippen LogP contribution in [0.5, 0.6) is 5.88 Å². The van der Waals surface area contributed by atoms with Crippen molar-refractivity contribution in [1.82, 2.24) is 24.7 Å². The molecule has 41 heavy (non-hydrogen) atoms. The number of aliphatic hydroxyl groups is 2. The first-order chi connectivity index (χ1) is 19.2. The van der Waals surface area contributed by atoms with E-state index in [0.717, 1.165) is 5.56 Å². The van der Waals surface area contributed by atoms with Gasteiger partial charge in [-0.25, -0.2) is 18.7 Å². The van der Waals surface area contributed by atoms with Gasteiger partial charge in [-0.15, -0.1) is 0 Å². The average Bonchev–Trinajstić information content (AvgIpc) is 3.53. The number of aromatic nitrogens is 6. The molecule has 4 aromatic rings. The van der Waals surface area contributed by atoms with Crippen LogP contribution < -0.4 is 15.4 Å². The summed E-state index contributed by atoms with van der Waals surface area (Å²) in [6.07, 6.45) is -4.85. The Balaban J connectivity index is 1.41. The van der Waals surface area contributed by atoms with E-state index < -0.39 is 52.7 Å². The van der Waals surface area contributed by atoms with Gasteiger partial charge in [0, 0.05) is 18.4 Å². The largest absolute Gasteiger partial charge is 0.856 e. The number of hydrogen-bond acceptors (Lipinski definition) is 14. The molecule has 220 valence electrons. The molecule has 1 saturated heterocycles. The van der Waals surface area contributed by atoms with E-state index >= 15 is 0 Å². The molecule has 0 spiro atoms. The van der Waals surface area contributed by atoms with Gasteiger partial charge in [-0.05, 0) is 5.56 Å². The van der Waals surface area contributed by atoms with Crippen LogP contribution in [0, 0.1) is 6.92 Å². The molecule has 1 unspecified atom stereocenters. The molecule has 5 atom stereocenters. The van der Waals surface area contributed by atoms with Crippen LogP contribution in [0.3, 0.4) is 0 Å². The molecule has 1 aliphatic rings. The third-order valence-corrected chi connectivity index (χ3v) is 8.11. The van der Waals surface area contributed by atoms with Gasteiger partial charge >= 0.3 is 21.3 Å². The van der Waals surface area contributed by atoms with Crippen molar-refractivity contribution in [2.24, 2.45) is 0 Å². The number of benzene rings is 1. The quantitative estimate of drug-likeness (QED) is 0.0934. The normalized spacial score (nSPS) is 22.8. The maximum Gasteiger partial charge on any atom is 0.481 e. The Morgan fingerprint density at radius 2 is 1.83 bits per heavy atom. The Morgan fingerprint density at radius 3 is 2.46 bits per heavy atom. The number of imidazole rings is 1. The molecule has 1 aromatic carbocycles. The predicted octanol–water partition coefficient (Wildman–Crippen LogP) is -1.37. The molecule has 0 radical (unpaired) electrons. The molecule has 7 N–H and O–H groups in total. The van der Waals surface area contributed by atoms with Crippen molar-refractivity contribution in [3.05, 3.63) is 42.0 Å². The van der Waals surface area contributed by atoms with Gasteiger partial charge in [0.1, 0.15) is 18.3 Å². The first-order valence-corrected chi connectivity index (χ1v) is 14.6. The molecular weight excluding hydrogens is 592 g/mol. The first kappa shape index (κ1) is 29.2. The second-order valence-corrected chi connectivity index (χ2v) is 11.8. The summed E-state index contributed by atoms with van der Waals surface area (Å²) in [4.78, 5) is 38.9. The fraction of sp³-hybridized carbons (Fsp3) is 0.350. The van der Waals surface area contributed by atoms with Gasteiger partial charge < -0.3 is 45.0 Å². The van der Waals surface area contributed by atoms with Crippen LogP contribution >= 0.6 is 15.6 Å². The molecule has 0 aliphatic carbocycles. The van der Waals surface area contributed by atoms with Crippen molar-refractivity contribution >= 4 is 32.8 Å². The monoisotopic (exact) mass is 615 g/mol. The summed E-state index contributed by atoms with van der Waals surface area (Å²) < 4.78 is 44.2. The van der Waals surface area contributed by atoms with E-state index in [-0.39, 0.29) is 23.7 Å². The van der Waals surface area contributed by atoms with Gasteiger partial charge in [0.15, 0.2) is 11.8 Å². The van der Waals surface area contributed by atoms with Gasteiger partial charge in [0.05, 0.1) is 13.2 Å². The Morgan fingerprint density at radius 1 is 1.12 bits per heavy atom. The van der Waals surface area contributed by atoms with Crippen molar-refractivity contribution in [3.8, 4) is 17.3 Å². The zero-order chi connectivity index (χ0) is 29.7. The van der Waals surface area contributed by atoms with Crippen LogP contribution in [0.15, 0.2) is 35.1 Å². The summed E-state index contributed by atoms with van der Waals surface area (Å²) in [5.74, 6) is -0.282. The number of aliphatic hydroxyl groups excluding tert-OH is 2. The highest BCUT2D eigenvalue weighted by atomic mass is 31.3. The lowest BCUT2D eigenvalue weighted by atomic mass is 10.1. The van der Waals surface area contributed by atoms with Crippen molar-refractivity contribution < 1.29 is 61.8 Å². The molecular formula is C20H23N7O12P2. The number of rotatable bonds is 9. The minimum Gasteiger partial charge on any atom is -0.856 e. The van der Waals surface area contributed by atoms with Crippen LogP contribution in [-0.2, 0) is 29.2 Å². The van der Waals surface area contributed by atoms with E-state index in [2.05, 4.69) is 28.9 Å². The molecule has 1 fully saturated rings. The molecule has 5 rings (SSSR count). The van der Waals surface area contributed by atoms with E-state index in [9.17, 15) is 29.3 Å². The molecule has 0 amide bonds. The zero-order valence-corrected chi connectivity index (χ0v) is 22.6. The third kappa shape index (κ3) is 6.29. The maximum atomic E-state index is 12.8. The Kier molecular flexibility index (Phi) is 7.68. The number of nitrogens with zero attached hydrogens (tertiary/aromatic N) is 6. The topological polar surface area (TPSA) is 286 Å². The number of anilines is 1. The Labute approximate surface area is 229 Å². The van der Waals surface area contributed by atoms with Gasteiger partial charge in [-0.3, -0.25) is 9.09 Å². The summed E-state index contributed by atoms with van der Waals surface area (Å²) in [6, 6.07) is 7.05. The molecule has 21 heteroatoms. The van der Waals surface area contributed by atoms with Gasteiger partial charge in [0.2, 0.25) is 17.9 Å². The van der Waals surface area contributed by atoms with Crippen molar-refractivity contribution in [1.29, 1.82) is 0 Å². The standard InChI is InChI=1S/C20H23N7O12P2/c1-9-22-16(25-38-9)11-4-2-10(3-5-11)6-26-8-27(17-13(26)18(30)24-20(21)23-17)19-15(29)14(28)12(37-19)7-36-41(34,35)39-40(31,32)33/h2-5,8,12,14-15,19,28-29H,6-7H2,1H3,(H5-,21,23,24,30,31,32,33,34,35)/t12-,14-,15-,19-/m1/s1. The molecule has 0 saturated carbocycles. The highest BCUT2D eigenvalue weighted by molar-refractivity contribution is 7.60. The van der Waals surface area contributed by atoms with Gasteiger partial charge in [0.25, 0.3) is 5.95 Å². The Bertz CT molecular complexity index is 1670. The van der Waals surface area contributed by atoms with Crippen molar-refractivity contribution in [2.75, 3.05) is 12.3 Å². The Hall–Kier alpha value is -3.35. The summed E-state index contributed by atoms with van der Waals surface area (Å²) in [5.41, 5.74) is 7.07. The summed E-state index contributed by atoms with van der Waals surface area (Å²) in [7, 11) is -10.6. The minimum atomic E-state index is -5.38. The average molecular weight is 615 g/mol. The van der Waals surface area contributed by atoms with Crippen LogP contribution in [0.1, 0.15) is 17.7 Å². The predicted molar refractivity (Wildman–Crippen MR) is 130 cm³/mol. The number of nitrogens with two attached hydrogens (primary N) is 1. The van der Waals surface area contributed by atoms with Gasteiger partial charge in [-0.2, -0.15) is 9.29 Å².